The number of halogens is 2. The van der Waals surface area contributed by atoms with Crippen LogP contribution in [0.1, 0.15) is 27.7 Å². The van der Waals surface area contributed by atoms with Crippen molar-refractivity contribution in [3.63, 3.8) is 0 Å². The van der Waals surface area contributed by atoms with Gasteiger partial charge in [0.15, 0.2) is 10.9 Å². The zero-order chi connectivity index (χ0) is 21.1. The Bertz CT molecular complexity index is 979. The van der Waals surface area contributed by atoms with Crippen molar-refractivity contribution in [1.82, 2.24) is 19.7 Å². The Morgan fingerprint density at radius 3 is 2.45 bits per heavy atom. The van der Waals surface area contributed by atoms with E-state index in [-0.39, 0.29) is 23.7 Å². The quantitative estimate of drug-likeness (QED) is 0.438. The summed E-state index contributed by atoms with van der Waals surface area (Å²) in [6.45, 7) is 8.04. The van der Waals surface area contributed by atoms with E-state index in [1.54, 1.807) is 30.5 Å². The molecular formula is C20H22Cl2N4O2S. The van der Waals surface area contributed by atoms with E-state index in [0.29, 0.717) is 26.8 Å². The lowest BCUT2D eigenvalue weighted by Crippen LogP contribution is -2.43. The molecule has 0 bridgehead atoms. The van der Waals surface area contributed by atoms with E-state index in [9.17, 15) is 4.79 Å². The van der Waals surface area contributed by atoms with E-state index < -0.39 is 0 Å². The van der Waals surface area contributed by atoms with Crippen molar-refractivity contribution in [3.8, 4) is 17.3 Å². The lowest BCUT2D eigenvalue weighted by Gasteiger charge is -2.30. The number of furan rings is 1. The lowest BCUT2D eigenvalue weighted by molar-refractivity contribution is -0.131. The summed E-state index contributed by atoms with van der Waals surface area (Å²) in [5, 5.41) is 10.0. The van der Waals surface area contributed by atoms with Gasteiger partial charge in [0.05, 0.1) is 27.7 Å². The third-order valence-electron chi connectivity index (χ3n) is 4.26. The molecular weight excluding hydrogens is 431 g/mol. The molecule has 0 atom stereocenters. The van der Waals surface area contributed by atoms with E-state index >= 15 is 0 Å². The van der Waals surface area contributed by atoms with Crippen LogP contribution in [0.4, 0.5) is 0 Å². The van der Waals surface area contributed by atoms with Crippen LogP contribution in [0.25, 0.3) is 17.3 Å². The summed E-state index contributed by atoms with van der Waals surface area (Å²) in [6.07, 6.45) is 1.57. The molecule has 0 aliphatic heterocycles. The van der Waals surface area contributed by atoms with Crippen LogP contribution in [0.3, 0.4) is 0 Å². The molecule has 9 heteroatoms. The number of hydrogen-bond acceptors (Lipinski definition) is 5. The van der Waals surface area contributed by atoms with Crippen molar-refractivity contribution in [3.05, 3.63) is 46.6 Å². The molecule has 1 aromatic carbocycles. The molecule has 0 aliphatic rings. The summed E-state index contributed by atoms with van der Waals surface area (Å²) >= 11 is 13.6. The highest BCUT2D eigenvalue weighted by Crippen LogP contribution is 2.31. The number of aromatic nitrogens is 3. The Kier molecular flexibility index (Phi) is 6.93. The smallest absolute Gasteiger partial charge is 0.233 e. The molecule has 1 amide bonds. The first-order valence-electron chi connectivity index (χ1n) is 9.18. The minimum atomic E-state index is 0.0447. The van der Waals surface area contributed by atoms with E-state index in [0.717, 1.165) is 5.69 Å². The number of nitrogens with zero attached hydrogens (tertiary/aromatic N) is 4. The molecule has 0 saturated carbocycles. The van der Waals surface area contributed by atoms with Crippen LogP contribution in [0, 0.1) is 0 Å². The number of benzene rings is 1. The molecule has 0 radical (unpaired) electrons. The number of hydrogen-bond donors (Lipinski definition) is 0. The van der Waals surface area contributed by atoms with Crippen molar-refractivity contribution in [2.24, 2.45) is 0 Å². The Labute approximate surface area is 184 Å². The minimum Gasteiger partial charge on any atom is -0.461 e. The second kappa shape index (κ2) is 9.24. The van der Waals surface area contributed by atoms with Crippen LogP contribution in [-0.2, 0) is 4.79 Å². The molecule has 2 heterocycles. The van der Waals surface area contributed by atoms with Gasteiger partial charge in [-0.2, -0.15) is 0 Å². The maximum absolute atomic E-state index is 12.8. The van der Waals surface area contributed by atoms with E-state index in [4.69, 9.17) is 27.6 Å². The summed E-state index contributed by atoms with van der Waals surface area (Å²) < 4.78 is 7.32. The average Bonchev–Trinajstić information content (AvgIpc) is 3.30. The monoisotopic (exact) mass is 452 g/mol. The lowest BCUT2D eigenvalue weighted by atomic mass is 10.2. The van der Waals surface area contributed by atoms with E-state index in [1.165, 1.54) is 11.8 Å². The van der Waals surface area contributed by atoms with Gasteiger partial charge < -0.3 is 9.32 Å². The second-order valence-electron chi connectivity index (χ2n) is 6.99. The standard InChI is InChI=1S/C20H22Cl2N4O2S/c1-12(2)25(13(3)4)18(27)11-29-20-24-23-19(17-6-5-9-28-17)26(20)14-7-8-15(21)16(22)10-14/h5-10,12-13H,11H2,1-4H3. The highest BCUT2D eigenvalue weighted by atomic mass is 35.5. The predicted molar refractivity (Wildman–Crippen MR) is 117 cm³/mol. The summed E-state index contributed by atoms with van der Waals surface area (Å²) in [6, 6.07) is 9.10. The molecule has 0 spiro atoms. The first-order valence-corrected chi connectivity index (χ1v) is 10.9. The molecule has 29 heavy (non-hydrogen) atoms. The average molecular weight is 453 g/mol. The van der Waals surface area contributed by atoms with Gasteiger partial charge in [-0.1, -0.05) is 35.0 Å². The fraction of sp³-hybridized carbons (Fsp3) is 0.350. The summed E-state index contributed by atoms with van der Waals surface area (Å²) in [5.41, 5.74) is 0.732. The highest BCUT2D eigenvalue weighted by molar-refractivity contribution is 7.99. The van der Waals surface area contributed by atoms with Crippen molar-refractivity contribution in [2.45, 2.75) is 44.9 Å². The van der Waals surface area contributed by atoms with Crippen LogP contribution < -0.4 is 0 Å². The van der Waals surface area contributed by atoms with Gasteiger partial charge in [0.25, 0.3) is 0 Å². The fourth-order valence-corrected chi connectivity index (χ4v) is 4.27. The second-order valence-corrected chi connectivity index (χ2v) is 8.75. The fourth-order valence-electron chi connectivity index (χ4n) is 3.16. The third kappa shape index (κ3) is 4.79. The molecule has 0 saturated heterocycles. The van der Waals surface area contributed by atoms with Crippen molar-refractivity contribution >= 4 is 40.9 Å². The zero-order valence-corrected chi connectivity index (χ0v) is 18.9. The Morgan fingerprint density at radius 1 is 1.14 bits per heavy atom. The Hall–Kier alpha value is -1.96. The number of rotatable bonds is 7. The summed E-state index contributed by atoms with van der Waals surface area (Å²) in [5.74, 6) is 1.37. The van der Waals surface area contributed by atoms with Crippen molar-refractivity contribution in [1.29, 1.82) is 0 Å². The molecule has 2 aromatic heterocycles. The third-order valence-corrected chi connectivity index (χ3v) is 5.91. The van der Waals surface area contributed by atoms with Gasteiger partial charge in [-0.25, -0.2) is 0 Å². The van der Waals surface area contributed by atoms with Gasteiger partial charge in [0, 0.05) is 12.1 Å². The number of amides is 1. The normalized spacial score (nSPS) is 11.4. The topological polar surface area (TPSA) is 64.2 Å². The van der Waals surface area contributed by atoms with Gasteiger partial charge in [-0.3, -0.25) is 9.36 Å². The van der Waals surface area contributed by atoms with Gasteiger partial charge in [-0.15, -0.1) is 10.2 Å². The van der Waals surface area contributed by atoms with Crippen LogP contribution >= 0.6 is 35.0 Å². The predicted octanol–water partition coefficient (Wildman–Crippen LogP) is 5.57. The van der Waals surface area contributed by atoms with Crippen LogP contribution in [0.2, 0.25) is 10.0 Å². The Balaban J connectivity index is 1.95. The summed E-state index contributed by atoms with van der Waals surface area (Å²) in [4.78, 5) is 14.6. The maximum Gasteiger partial charge on any atom is 0.233 e. The highest BCUT2D eigenvalue weighted by Gasteiger charge is 2.23. The first kappa shape index (κ1) is 21.7. The largest absolute Gasteiger partial charge is 0.461 e. The number of carbonyl (C=O) groups is 1. The molecule has 0 aliphatic carbocycles. The molecule has 0 N–H and O–H groups in total. The SMILES string of the molecule is CC(C)N(C(=O)CSc1nnc(-c2ccco2)n1-c1ccc(Cl)c(Cl)c1)C(C)C. The molecule has 3 aromatic rings. The van der Waals surface area contributed by atoms with Crippen LogP contribution in [0.15, 0.2) is 46.2 Å². The van der Waals surface area contributed by atoms with Gasteiger partial charge in [-0.05, 0) is 58.0 Å². The van der Waals surface area contributed by atoms with E-state index in [2.05, 4.69) is 10.2 Å². The molecule has 0 unspecified atom stereocenters. The number of carbonyl (C=O) groups excluding carboxylic acids is 1. The molecule has 154 valence electrons. The van der Waals surface area contributed by atoms with Crippen molar-refractivity contribution in [2.75, 3.05) is 5.75 Å². The van der Waals surface area contributed by atoms with Gasteiger partial charge in [0.2, 0.25) is 11.7 Å². The maximum atomic E-state index is 12.8. The van der Waals surface area contributed by atoms with Gasteiger partial charge >= 0.3 is 0 Å². The van der Waals surface area contributed by atoms with Crippen molar-refractivity contribution < 1.29 is 9.21 Å². The molecule has 3 rings (SSSR count). The first-order chi connectivity index (χ1) is 13.8. The van der Waals surface area contributed by atoms with Gasteiger partial charge in [0.1, 0.15) is 0 Å². The number of thioether (sulfide) groups is 1. The van der Waals surface area contributed by atoms with Crippen LogP contribution in [-0.4, -0.2) is 43.4 Å². The zero-order valence-electron chi connectivity index (χ0n) is 16.6. The Morgan fingerprint density at radius 2 is 1.86 bits per heavy atom. The molecule has 0 fully saturated rings. The summed E-state index contributed by atoms with van der Waals surface area (Å²) in [7, 11) is 0. The minimum absolute atomic E-state index is 0.0447. The van der Waals surface area contributed by atoms with Crippen LogP contribution in [0.5, 0.6) is 0 Å². The molecule has 6 nitrogen and oxygen atoms in total. The van der Waals surface area contributed by atoms with E-state index in [1.807, 2.05) is 43.2 Å².